The Balaban J connectivity index is 2.18. The second kappa shape index (κ2) is 5.43. The van der Waals surface area contributed by atoms with Gasteiger partial charge in [-0.2, -0.15) is 0 Å². The van der Waals surface area contributed by atoms with Crippen LogP contribution in [0.3, 0.4) is 0 Å². The molecule has 2 aliphatic rings. The highest BCUT2D eigenvalue weighted by Crippen LogP contribution is 2.58. The fraction of sp³-hybridized carbons (Fsp3) is 0.500. The van der Waals surface area contributed by atoms with Crippen LogP contribution in [0.5, 0.6) is 0 Å². The molecule has 1 saturated carbocycles. The summed E-state index contributed by atoms with van der Waals surface area (Å²) in [5.74, 6) is -1.47. The third kappa shape index (κ3) is 2.12. The van der Waals surface area contributed by atoms with E-state index in [1.165, 1.54) is 0 Å². The predicted octanol–water partition coefficient (Wildman–Crippen LogP) is 3.77. The van der Waals surface area contributed by atoms with Crippen molar-refractivity contribution in [2.24, 2.45) is 11.3 Å². The Morgan fingerprint density at radius 3 is 2.50 bits per heavy atom. The van der Waals surface area contributed by atoms with Crippen molar-refractivity contribution in [2.75, 3.05) is 7.05 Å². The lowest BCUT2D eigenvalue weighted by molar-refractivity contribution is -0.156. The van der Waals surface area contributed by atoms with E-state index in [0.717, 1.165) is 12.8 Å². The molecule has 4 nitrogen and oxygen atoms in total. The van der Waals surface area contributed by atoms with Crippen LogP contribution in [0.2, 0.25) is 10.0 Å². The number of benzene rings is 1. The van der Waals surface area contributed by atoms with Gasteiger partial charge in [0.1, 0.15) is 5.41 Å². The average molecular weight is 342 g/mol. The van der Waals surface area contributed by atoms with Crippen molar-refractivity contribution < 1.29 is 14.7 Å². The Bertz CT molecular complexity index is 628. The van der Waals surface area contributed by atoms with Crippen molar-refractivity contribution in [2.45, 2.75) is 31.7 Å². The number of hydrogen-bond donors (Lipinski definition) is 1. The maximum absolute atomic E-state index is 12.6. The Hall–Kier alpha value is -1.26. The number of fused-ring (bicyclic) bond motifs is 1. The smallest absolute Gasteiger partial charge is 0.312 e. The summed E-state index contributed by atoms with van der Waals surface area (Å²) < 4.78 is 0. The molecule has 0 bridgehead atoms. The number of carbonyl (C=O) groups is 2. The molecule has 1 aromatic rings. The molecule has 0 unspecified atom stereocenters. The van der Waals surface area contributed by atoms with Crippen molar-refractivity contribution in [3.8, 4) is 0 Å². The summed E-state index contributed by atoms with van der Waals surface area (Å²) in [7, 11) is 1.67. The molecule has 0 aromatic heterocycles. The quantitative estimate of drug-likeness (QED) is 0.890. The van der Waals surface area contributed by atoms with Crippen molar-refractivity contribution >= 4 is 35.1 Å². The average Bonchev–Trinajstić information content (AvgIpc) is 2.68. The number of likely N-dealkylation sites (tertiary alicyclic amines) is 1. The van der Waals surface area contributed by atoms with Gasteiger partial charge >= 0.3 is 5.97 Å². The molecule has 22 heavy (non-hydrogen) atoms. The molecule has 1 heterocycles. The molecule has 1 aliphatic carbocycles. The molecule has 0 radical (unpaired) electrons. The minimum atomic E-state index is -1.09. The van der Waals surface area contributed by atoms with Crippen LogP contribution in [0.25, 0.3) is 0 Å². The molecule has 1 aliphatic heterocycles. The van der Waals surface area contributed by atoms with Gasteiger partial charge in [-0.15, -0.1) is 0 Å². The van der Waals surface area contributed by atoms with E-state index in [-0.39, 0.29) is 5.91 Å². The number of rotatable bonds is 2. The molecule has 1 aromatic carbocycles. The Kier molecular flexibility index (Phi) is 3.86. The van der Waals surface area contributed by atoms with E-state index in [1.807, 2.05) is 0 Å². The normalized spacial score (nSPS) is 31.2. The van der Waals surface area contributed by atoms with Crippen molar-refractivity contribution in [1.29, 1.82) is 0 Å². The molecule has 2 fully saturated rings. The van der Waals surface area contributed by atoms with Gasteiger partial charge in [0.05, 0.1) is 12.0 Å². The van der Waals surface area contributed by atoms with E-state index in [1.54, 1.807) is 30.1 Å². The van der Waals surface area contributed by atoms with Gasteiger partial charge in [0, 0.05) is 17.1 Å². The van der Waals surface area contributed by atoms with Gasteiger partial charge in [-0.05, 0) is 36.6 Å². The molecular weight excluding hydrogens is 325 g/mol. The second-order valence-electron chi connectivity index (χ2n) is 6.20. The molecule has 1 amide bonds. The molecule has 1 N–H and O–H groups in total. The molecule has 1 saturated heterocycles. The molecule has 3 rings (SSSR count). The van der Waals surface area contributed by atoms with Crippen LogP contribution in [0.1, 0.15) is 37.3 Å². The third-order valence-electron chi connectivity index (χ3n) is 5.07. The largest absolute Gasteiger partial charge is 0.481 e. The van der Waals surface area contributed by atoms with Gasteiger partial charge in [-0.1, -0.05) is 36.0 Å². The van der Waals surface area contributed by atoms with Gasteiger partial charge in [-0.3, -0.25) is 9.59 Å². The third-order valence-corrected chi connectivity index (χ3v) is 5.51. The Labute approximate surface area is 139 Å². The van der Waals surface area contributed by atoms with E-state index in [0.29, 0.717) is 28.5 Å². The van der Waals surface area contributed by atoms with E-state index < -0.39 is 23.3 Å². The van der Waals surface area contributed by atoms with Gasteiger partial charge < -0.3 is 10.0 Å². The number of hydrogen-bond acceptors (Lipinski definition) is 2. The van der Waals surface area contributed by atoms with Crippen LogP contribution >= 0.6 is 23.2 Å². The minimum Gasteiger partial charge on any atom is -0.481 e. The number of aliphatic carboxylic acids is 1. The van der Waals surface area contributed by atoms with Crippen LogP contribution < -0.4 is 0 Å². The summed E-state index contributed by atoms with van der Waals surface area (Å²) in [4.78, 5) is 26.3. The van der Waals surface area contributed by atoms with Gasteiger partial charge in [0.2, 0.25) is 5.91 Å². The van der Waals surface area contributed by atoms with Gasteiger partial charge in [0.25, 0.3) is 0 Å². The Morgan fingerprint density at radius 1 is 1.27 bits per heavy atom. The first kappa shape index (κ1) is 15.6. The van der Waals surface area contributed by atoms with Crippen molar-refractivity contribution in [3.05, 3.63) is 33.8 Å². The Morgan fingerprint density at radius 2 is 1.91 bits per heavy atom. The summed E-state index contributed by atoms with van der Waals surface area (Å²) in [6.45, 7) is 0. The summed E-state index contributed by atoms with van der Waals surface area (Å²) in [6, 6.07) is 4.50. The number of carbonyl (C=O) groups excluding carboxylic acids is 1. The van der Waals surface area contributed by atoms with Crippen LogP contribution in [-0.4, -0.2) is 28.9 Å². The first-order valence-corrected chi connectivity index (χ1v) is 8.09. The van der Waals surface area contributed by atoms with E-state index in [2.05, 4.69) is 0 Å². The highest BCUT2D eigenvalue weighted by molar-refractivity contribution is 6.34. The van der Waals surface area contributed by atoms with Crippen molar-refractivity contribution in [3.63, 3.8) is 0 Å². The van der Waals surface area contributed by atoms with E-state index in [4.69, 9.17) is 23.2 Å². The zero-order valence-corrected chi connectivity index (χ0v) is 13.7. The van der Waals surface area contributed by atoms with Gasteiger partial charge in [-0.25, -0.2) is 0 Å². The number of nitrogens with zero attached hydrogens (tertiary/aromatic N) is 1. The fourth-order valence-electron chi connectivity index (χ4n) is 4.21. The van der Waals surface area contributed by atoms with E-state index >= 15 is 0 Å². The molecule has 0 spiro atoms. The van der Waals surface area contributed by atoms with E-state index in [9.17, 15) is 14.7 Å². The highest BCUT2D eigenvalue weighted by atomic mass is 35.5. The standard InChI is InChI=1S/C16H17Cl2NO3/c1-19-13(9-6-10(17)8-11(18)7-9)16(15(21)22)5-3-2-4-12(16)14(19)20/h6-8,12-13H,2-5H2,1H3,(H,21,22)/t12-,13-,16-/m0/s1. The summed E-state index contributed by atoms with van der Waals surface area (Å²) >= 11 is 12.2. The lowest BCUT2D eigenvalue weighted by Gasteiger charge is -2.38. The van der Waals surface area contributed by atoms with Crippen LogP contribution in [-0.2, 0) is 9.59 Å². The highest BCUT2D eigenvalue weighted by Gasteiger charge is 2.63. The first-order chi connectivity index (χ1) is 10.4. The number of carboxylic acid groups (broad SMARTS) is 1. The summed E-state index contributed by atoms with van der Waals surface area (Å²) in [5.41, 5.74) is -0.391. The zero-order valence-electron chi connectivity index (χ0n) is 12.2. The van der Waals surface area contributed by atoms with Crippen LogP contribution in [0, 0.1) is 11.3 Å². The predicted molar refractivity (Wildman–Crippen MR) is 84.0 cm³/mol. The molecular formula is C16H17Cl2NO3. The minimum absolute atomic E-state index is 0.0943. The number of halogens is 2. The maximum atomic E-state index is 12.6. The summed E-state index contributed by atoms with van der Waals surface area (Å²) in [6.07, 6.45) is 2.83. The first-order valence-electron chi connectivity index (χ1n) is 7.34. The molecule has 118 valence electrons. The van der Waals surface area contributed by atoms with Crippen molar-refractivity contribution in [1.82, 2.24) is 4.90 Å². The van der Waals surface area contributed by atoms with Crippen LogP contribution in [0.4, 0.5) is 0 Å². The number of amides is 1. The maximum Gasteiger partial charge on any atom is 0.312 e. The lowest BCUT2D eigenvalue weighted by Crippen LogP contribution is -2.43. The van der Waals surface area contributed by atoms with Gasteiger partial charge in [0.15, 0.2) is 0 Å². The number of carboxylic acids is 1. The fourth-order valence-corrected chi connectivity index (χ4v) is 4.76. The van der Waals surface area contributed by atoms with Crippen LogP contribution in [0.15, 0.2) is 18.2 Å². The topological polar surface area (TPSA) is 57.6 Å². The zero-order chi connectivity index (χ0) is 16.1. The molecule has 6 heteroatoms. The second-order valence-corrected chi connectivity index (χ2v) is 7.07. The lowest BCUT2D eigenvalue weighted by atomic mass is 9.63. The summed E-state index contributed by atoms with van der Waals surface area (Å²) in [5, 5.41) is 10.9. The molecule has 3 atom stereocenters. The monoisotopic (exact) mass is 341 g/mol. The SMILES string of the molecule is CN1C(=O)[C@@H]2CCCC[C@@]2(C(=O)O)[C@@H]1c1cc(Cl)cc(Cl)c1.